The minimum absolute atomic E-state index is 0.0604. The summed E-state index contributed by atoms with van der Waals surface area (Å²) in [5.74, 6) is -9.29. The number of carbonyl (C=O) groups excluding carboxylic acids is 1. The molecule has 0 saturated carbocycles. The Labute approximate surface area is 120 Å². The van der Waals surface area contributed by atoms with Gasteiger partial charge in [-0.1, -0.05) is 0 Å². The normalized spacial score (nSPS) is 11.5. The van der Waals surface area contributed by atoms with Crippen molar-refractivity contribution in [1.82, 2.24) is 14.8 Å². The Balaban J connectivity index is 2.34. The molecule has 0 unspecified atom stereocenters. The number of amides is 1. The van der Waals surface area contributed by atoms with Gasteiger partial charge in [-0.15, -0.1) is 5.10 Å². The lowest BCUT2D eigenvalue weighted by atomic mass is 10.1. The van der Waals surface area contributed by atoms with Crippen molar-refractivity contribution in [1.29, 1.82) is 0 Å². The van der Waals surface area contributed by atoms with Crippen LogP contribution in [0.5, 0.6) is 0 Å². The van der Waals surface area contributed by atoms with Crippen LogP contribution in [0.15, 0.2) is 23.0 Å². The quantitative estimate of drug-likeness (QED) is 0.840. The molecule has 0 aliphatic rings. The third-order valence-corrected chi connectivity index (χ3v) is 2.85. The van der Waals surface area contributed by atoms with E-state index in [2.05, 4.69) is 5.10 Å². The zero-order valence-corrected chi connectivity index (χ0v) is 11.2. The summed E-state index contributed by atoms with van der Waals surface area (Å²) in [7, 11) is 0. The Hall–Kier alpha value is -2.65. The molecule has 0 spiro atoms. The van der Waals surface area contributed by atoms with Crippen LogP contribution in [0.1, 0.15) is 12.5 Å². The van der Waals surface area contributed by atoms with Crippen molar-refractivity contribution in [3.8, 4) is 0 Å². The highest BCUT2D eigenvalue weighted by molar-refractivity contribution is 5.95. The number of aromatic amines is 1. The van der Waals surface area contributed by atoms with E-state index < -0.39 is 40.7 Å². The van der Waals surface area contributed by atoms with Gasteiger partial charge in [0.2, 0.25) is 5.95 Å². The smallest absolute Gasteiger partial charge is 0.289 e. The number of alkyl halides is 2. The summed E-state index contributed by atoms with van der Waals surface area (Å²) in [5.41, 5.74) is -2.12. The summed E-state index contributed by atoms with van der Waals surface area (Å²) in [4.78, 5) is 22.9. The zero-order chi connectivity index (χ0) is 16.5. The van der Waals surface area contributed by atoms with E-state index in [-0.39, 0.29) is 12.6 Å². The monoisotopic (exact) mass is 318 g/mol. The maximum atomic E-state index is 14.0. The average Bonchev–Trinajstić information content (AvgIpc) is 2.81. The van der Waals surface area contributed by atoms with E-state index in [9.17, 15) is 27.2 Å². The lowest BCUT2D eigenvalue weighted by Crippen LogP contribution is -2.34. The number of benzene rings is 1. The van der Waals surface area contributed by atoms with Crippen LogP contribution in [0.25, 0.3) is 0 Å². The summed E-state index contributed by atoms with van der Waals surface area (Å²) in [6.07, 6.45) is 0. The van der Waals surface area contributed by atoms with E-state index in [1.807, 2.05) is 5.10 Å². The number of hydrogen-bond donors (Lipinski definition) is 2. The molecular weight excluding hydrogens is 308 g/mol. The summed E-state index contributed by atoms with van der Waals surface area (Å²) in [6, 6.07) is 1.37. The summed E-state index contributed by atoms with van der Waals surface area (Å²) in [5, 5.41) is 7.05. The van der Waals surface area contributed by atoms with Gasteiger partial charge in [0, 0.05) is 6.54 Å². The van der Waals surface area contributed by atoms with E-state index in [0.717, 1.165) is 4.57 Å². The second-order valence-electron chi connectivity index (χ2n) is 4.25. The molecule has 0 fully saturated rings. The summed E-state index contributed by atoms with van der Waals surface area (Å²) in [6.45, 7) is 1.59. The molecule has 22 heavy (non-hydrogen) atoms. The minimum atomic E-state index is -4.35. The van der Waals surface area contributed by atoms with Crippen molar-refractivity contribution in [2.45, 2.75) is 19.4 Å². The number of halogens is 4. The molecule has 118 valence electrons. The third kappa shape index (κ3) is 2.71. The van der Waals surface area contributed by atoms with Crippen LogP contribution in [-0.2, 0) is 17.3 Å². The average molecular weight is 318 g/mol. The van der Waals surface area contributed by atoms with E-state index in [4.69, 9.17) is 0 Å². The Bertz CT molecular complexity index is 769. The lowest BCUT2D eigenvalue weighted by Gasteiger charge is -2.16. The Morgan fingerprint density at radius 2 is 2.09 bits per heavy atom. The molecule has 0 aliphatic heterocycles. The molecule has 0 radical (unpaired) electrons. The van der Waals surface area contributed by atoms with E-state index in [1.54, 1.807) is 5.32 Å². The van der Waals surface area contributed by atoms with Gasteiger partial charge in [0.25, 0.3) is 0 Å². The van der Waals surface area contributed by atoms with Gasteiger partial charge in [-0.2, -0.15) is 8.78 Å². The van der Waals surface area contributed by atoms with Crippen molar-refractivity contribution in [2.24, 2.45) is 0 Å². The predicted molar refractivity (Wildman–Crippen MR) is 67.4 cm³/mol. The van der Waals surface area contributed by atoms with Crippen molar-refractivity contribution in [3.05, 3.63) is 45.9 Å². The van der Waals surface area contributed by atoms with Gasteiger partial charge < -0.3 is 0 Å². The minimum Gasteiger partial charge on any atom is -0.289 e. The van der Waals surface area contributed by atoms with Crippen LogP contribution >= 0.6 is 0 Å². The van der Waals surface area contributed by atoms with Crippen LogP contribution in [0.4, 0.5) is 23.5 Å². The molecule has 0 bridgehead atoms. The van der Waals surface area contributed by atoms with Gasteiger partial charge in [0.05, 0.1) is 5.56 Å². The highest BCUT2D eigenvalue weighted by Gasteiger charge is 2.44. The zero-order valence-electron chi connectivity index (χ0n) is 11.2. The van der Waals surface area contributed by atoms with E-state index >= 15 is 0 Å². The molecule has 2 rings (SSSR count). The summed E-state index contributed by atoms with van der Waals surface area (Å²) >= 11 is 0. The molecular formula is C12H10F4N4O2. The molecule has 6 nitrogen and oxygen atoms in total. The number of anilines is 1. The van der Waals surface area contributed by atoms with E-state index in [1.165, 1.54) is 6.92 Å². The highest BCUT2D eigenvalue weighted by Crippen LogP contribution is 2.31. The number of rotatable bonds is 4. The van der Waals surface area contributed by atoms with Crippen LogP contribution in [-0.4, -0.2) is 20.7 Å². The van der Waals surface area contributed by atoms with Crippen LogP contribution in [0.3, 0.4) is 0 Å². The molecule has 2 N–H and O–H groups in total. The number of nitrogens with one attached hydrogen (secondary N) is 2. The third-order valence-electron chi connectivity index (χ3n) is 2.85. The number of nitrogens with zero attached hydrogens (tertiary/aromatic N) is 2. The van der Waals surface area contributed by atoms with Crippen molar-refractivity contribution >= 4 is 11.9 Å². The van der Waals surface area contributed by atoms with Gasteiger partial charge in [0.15, 0.2) is 0 Å². The van der Waals surface area contributed by atoms with E-state index in [0.29, 0.717) is 12.1 Å². The largest absolute Gasteiger partial charge is 0.353 e. The second kappa shape index (κ2) is 5.62. The SMILES string of the molecule is CCn1c(NC(=O)C(F)(F)c2cc(F)ccc2F)n[nH]c1=O. The molecule has 10 heteroatoms. The number of aromatic nitrogens is 3. The second-order valence-corrected chi connectivity index (χ2v) is 4.25. The van der Waals surface area contributed by atoms with Crippen LogP contribution in [0, 0.1) is 11.6 Å². The number of carbonyl (C=O) groups is 1. The highest BCUT2D eigenvalue weighted by atomic mass is 19.3. The first-order chi connectivity index (χ1) is 10.3. The van der Waals surface area contributed by atoms with Crippen LogP contribution < -0.4 is 11.0 Å². The maximum absolute atomic E-state index is 14.0. The topological polar surface area (TPSA) is 79.8 Å². The van der Waals surface area contributed by atoms with Crippen molar-refractivity contribution < 1.29 is 22.4 Å². The predicted octanol–water partition coefficient (Wildman–Crippen LogP) is 1.60. The molecule has 1 aromatic heterocycles. The molecule has 0 saturated heterocycles. The fraction of sp³-hybridized carbons (Fsp3) is 0.250. The number of hydrogen-bond acceptors (Lipinski definition) is 3. The Morgan fingerprint density at radius 3 is 2.73 bits per heavy atom. The van der Waals surface area contributed by atoms with Crippen molar-refractivity contribution in [2.75, 3.05) is 5.32 Å². The fourth-order valence-electron chi connectivity index (χ4n) is 1.75. The Kier molecular flexibility index (Phi) is 4.02. The molecule has 1 amide bonds. The lowest BCUT2D eigenvalue weighted by molar-refractivity contribution is -0.141. The first kappa shape index (κ1) is 15.7. The first-order valence-electron chi connectivity index (χ1n) is 6.07. The number of H-pyrrole nitrogens is 1. The fourth-order valence-corrected chi connectivity index (χ4v) is 1.75. The molecule has 2 aromatic rings. The van der Waals surface area contributed by atoms with Gasteiger partial charge in [-0.25, -0.2) is 18.7 Å². The molecule has 1 heterocycles. The van der Waals surface area contributed by atoms with Gasteiger partial charge in [-0.05, 0) is 25.1 Å². The van der Waals surface area contributed by atoms with Gasteiger partial charge in [0.1, 0.15) is 11.6 Å². The standard InChI is InChI=1S/C12H10F4N4O2/c1-2-20-10(18-19-11(20)22)17-9(21)12(15,16)7-5-6(13)3-4-8(7)14/h3-5H,2H2,1H3,(H,19,22)(H,17,18,21). The van der Waals surface area contributed by atoms with Crippen LogP contribution in [0.2, 0.25) is 0 Å². The molecule has 0 atom stereocenters. The van der Waals surface area contributed by atoms with Crippen molar-refractivity contribution in [3.63, 3.8) is 0 Å². The Morgan fingerprint density at radius 1 is 1.41 bits per heavy atom. The summed E-state index contributed by atoms with van der Waals surface area (Å²) < 4.78 is 55.2. The first-order valence-corrected chi connectivity index (χ1v) is 6.07. The van der Waals surface area contributed by atoms with Gasteiger partial charge in [-0.3, -0.25) is 14.7 Å². The van der Waals surface area contributed by atoms with Gasteiger partial charge >= 0.3 is 17.5 Å². The molecule has 1 aromatic carbocycles. The molecule has 0 aliphatic carbocycles. The maximum Gasteiger partial charge on any atom is 0.353 e.